The number of rotatable bonds is 10. The van der Waals surface area contributed by atoms with E-state index < -0.39 is 27.7 Å². The van der Waals surface area contributed by atoms with Crippen molar-refractivity contribution in [2.75, 3.05) is 26.2 Å². The molecule has 0 bridgehead atoms. The number of sulfonamides is 1. The summed E-state index contributed by atoms with van der Waals surface area (Å²) in [5.41, 5.74) is 7.55. The summed E-state index contributed by atoms with van der Waals surface area (Å²) in [5.74, 6) is 0.579. The third-order valence-corrected chi connectivity index (χ3v) is 9.39. The number of nitrogens with two attached hydrogens (primary N) is 1. The zero-order valence-electron chi connectivity index (χ0n) is 24.5. The van der Waals surface area contributed by atoms with Gasteiger partial charge in [-0.25, -0.2) is 18.2 Å². The number of aromatic amines is 1. The summed E-state index contributed by atoms with van der Waals surface area (Å²) in [5, 5.41) is 4.58. The Balaban J connectivity index is 1.60. The van der Waals surface area contributed by atoms with Gasteiger partial charge in [-0.2, -0.15) is 9.40 Å². The molecule has 1 aromatic carbocycles. The van der Waals surface area contributed by atoms with Gasteiger partial charge in [-0.15, -0.1) is 0 Å². The van der Waals surface area contributed by atoms with Crippen LogP contribution in [0.4, 0.5) is 4.79 Å². The highest BCUT2D eigenvalue weighted by Crippen LogP contribution is 2.33. The zero-order valence-corrected chi connectivity index (χ0v) is 25.3. The number of urea groups is 1. The lowest BCUT2D eigenvalue weighted by Crippen LogP contribution is -2.56. The quantitative estimate of drug-likeness (QED) is 0.277. The number of aryl methyl sites for hydroxylation is 1. The van der Waals surface area contributed by atoms with Crippen molar-refractivity contribution < 1.29 is 17.9 Å². The molecule has 0 aliphatic carbocycles. The first-order valence-corrected chi connectivity index (χ1v) is 15.8. The van der Waals surface area contributed by atoms with Crippen molar-refractivity contribution in [3.8, 4) is 17.1 Å². The third-order valence-electron chi connectivity index (χ3n) is 7.38. The number of hydrogen-bond acceptors (Lipinski definition) is 8. The molecular formula is C29H36N8O5S. The SMILES string of the molecule is CCCOc1ccc(S(=O)(=O)N2CCN(C(N)=O)CC2C)cc1-c1nc2c(CCC)n(Cc3ccccn3)nc2c(=O)[nH]1. The first kappa shape index (κ1) is 30.2. The number of H-pyrrole nitrogens is 1. The predicted octanol–water partition coefficient (Wildman–Crippen LogP) is 2.74. The van der Waals surface area contributed by atoms with Crippen LogP contribution >= 0.6 is 0 Å². The van der Waals surface area contributed by atoms with E-state index in [4.69, 9.17) is 15.5 Å². The van der Waals surface area contributed by atoms with Crippen LogP contribution < -0.4 is 16.0 Å². The lowest BCUT2D eigenvalue weighted by Gasteiger charge is -2.38. The largest absolute Gasteiger partial charge is 0.493 e. The van der Waals surface area contributed by atoms with Gasteiger partial charge in [0.1, 0.15) is 17.1 Å². The van der Waals surface area contributed by atoms with Gasteiger partial charge in [-0.3, -0.25) is 14.5 Å². The van der Waals surface area contributed by atoms with Gasteiger partial charge in [0.2, 0.25) is 10.0 Å². The summed E-state index contributed by atoms with van der Waals surface area (Å²) >= 11 is 0. The maximum absolute atomic E-state index is 13.8. The van der Waals surface area contributed by atoms with Crippen molar-refractivity contribution in [2.45, 2.75) is 57.5 Å². The average molecular weight is 609 g/mol. The first-order valence-electron chi connectivity index (χ1n) is 14.4. The Kier molecular flexibility index (Phi) is 8.78. The number of carbonyl (C=O) groups excluding carboxylic acids is 1. The van der Waals surface area contributed by atoms with Gasteiger partial charge in [-0.05, 0) is 50.1 Å². The number of benzene rings is 1. The molecule has 2 amide bonds. The Morgan fingerprint density at radius 2 is 1.95 bits per heavy atom. The molecule has 0 spiro atoms. The molecule has 5 rings (SSSR count). The van der Waals surface area contributed by atoms with Gasteiger partial charge in [0.15, 0.2) is 5.52 Å². The van der Waals surface area contributed by atoms with Crippen molar-refractivity contribution in [1.82, 2.24) is 33.9 Å². The second kappa shape index (κ2) is 12.5. The molecule has 3 aromatic heterocycles. The molecule has 1 aliphatic heterocycles. The summed E-state index contributed by atoms with van der Waals surface area (Å²) in [6.07, 6.45) is 3.86. The normalized spacial score (nSPS) is 16.1. The van der Waals surface area contributed by atoms with Crippen molar-refractivity contribution in [3.63, 3.8) is 0 Å². The third kappa shape index (κ3) is 6.11. The van der Waals surface area contributed by atoms with Gasteiger partial charge >= 0.3 is 6.03 Å². The van der Waals surface area contributed by atoms with Crippen molar-refractivity contribution in [2.24, 2.45) is 5.73 Å². The number of ether oxygens (including phenoxy) is 1. The number of nitrogens with one attached hydrogen (secondary N) is 1. The second-order valence-electron chi connectivity index (χ2n) is 10.5. The monoisotopic (exact) mass is 608 g/mol. The Morgan fingerprint density at radius 1 is 1.14 bits per heavy atom. The lowest BCUT2D eigenvalue weighted by atomic mass is 10.1. The molecule has 0 saturated carbocycles. The molecule has 1 atom stereocenters. The molecule has 4 aromatic rings. The van der Waals surface area contributed by atoms with Crippen molar-refractivity contribution in [3.05, 3.63) is 64.3 Å². The number of nitrogens with zero attached hydrogens (tertiary/aromatic N) is 6. The second-order valence-corrected chi connectivity index (χ2v) is 12.4. The molecular weight excluding hydrogens is 572 g/mol. The van der Waals surface area contributed by atoms with Crippen LogP contribution in [0.3, 0.4) is 0 Å². The van der Waals surface area contributed by atoms with E-state index in [2.05, 4.69) is 15.1 Å². The summed E-state index contributed by atoms with van der Waals surface area (Å²) in [6.45, 7) is 6.98. The summed E-state index contributed by atoms with van der Waals surface area (Å²) < 4.78 is 36.7. The molecule has 1 fully saturated rings. The highest BCUT2D eigenvalue weighted by Gasteiger charge is 2.35. The van der Waals surface area contributed by atoms with E-state index in [9.17, 15) is 18.0 Å². The molecule has 1 aliphatic rings. The summed E-state index contributed by atoms with van der Waals surface area (Å²) in [7, 11) is -3.97. The number of hydrogen-bond donors (Lipinski definition) is 2. The lowest BCUT2D eigenvalue weighted by molar-refractivity contribution is 0.154. The number of fused-ring (bicyclic) bond motifs is 1. The van der Waals surface area contributed by atoms with E-state index in [0.29, 0.717) is 36.4 Å². The van der Waals surface area contributed by atoms with Crippen molar-refractivity contribution in [1.29, 1.82) is 0 Å². The average Bonchev–Trinajstić information content (AvgIpc) is 3.33. The fourth-order valence-corrected chi connectivity index (χ4v) is 6.92. The van der Waals surface area contributed by atoms with Crippen LogP contribution in [0, 0.1) is 0 Å². The van der Waals surface area contributed by atoms with E-state index in [1.807, 2.05) is 32.0 Å². The molecule has 1 saturated heterocycles. The summed E-state index contributed by atoms with van der Waals surface area (Å²) in [6, 6.07) is 9.11. The minimum Gasteiger partial charge on any atom is -0.493 e. The van der Waals surface area contributed by atoms with E-state index in [0.717, 1.165) is 24.2 Å². The Labute approximate surface area is 249 Å². The Bertz CT molecular complexity index is 1790. The van der Waals surface area contributed by atoms with Gasteiger partial charge in [0, 0.05) is 31.9 Å². The Hall–Kier alpha value is -4.30. The maximum atomic E-state index is 13.8. The van der Waals surface area contributed by atoms with Gasteiger partial charge < -0.3 is 20.4 Å². The fourth-order valence-electron chi connectivity index (χ4n) is 5.28. The molecule has 228 valence electrons. The van der Waals surface area contributed by atoms with Crippen LogP contribution in [0.5, 0.6) is 5.75 Å². The topological polar surface area (TPSA) is 169 Å². The number of primary amides is 1. The van der Waals surface area contributed by atoms with E-state index in [-0.39, 0.29) is 35.9 Å². The minimum atomic E-state index is -3.97. The van der Waals surface area contributed by atoms with Crippen LogP contribution in [0.15, 0.2) is 52.3 Å². The number of pyridine rings is 1. The van der Waals surface area contributed by atoms with Crippen molar-refractivity contribution >= 4 is 27.1 Å². The molecule has 3 N–H and O–H groups in total. The van der Waals surface area contributed by atoms with E-state index in [1.165, 1.54) is 21.3 Å². The molecule has 13 nitrogen and oxygen atoms in total. The highest BCUT2D eigenvalue weighted by molar-refractivity contribution is 7.89. The standard InChI is InChI=1S/C29H36N8O5S/c1-4-8-23-25-26(34-36(23)18-20-9-6-7-12-31-20)28(38)33-27(32-25)22-16-21(10-11-24(22)42-15-5-2)43(40,41)37-14-13-35(29(30)39)17-19(37)3/h6-7,9-12,16,19H,4-5,8,13-15,17-18H2,1-3H3,(H2,30,39)(H,32,33,38). The number of amides is 2. The van der Waals surface area contributed by atoms with Crippen LogP contribution in [-0.4, -0.2) is 80.7 Å². The zero-order chi connectivity index (χ0) is 30.7. The number of aromatic nitrogens is 5. The molecule has 14 heteroatoms. The minimum absolute atomic E-state index is 0.0214. The predicted molar refractivity (Wildman–Crippen MR) is 161 cm³/mol. The van der Waals surface area contributed by atoms with Crippen LogP contribution in [0.25, 0.3) is 22.4 Å². The number of carbonyl (C=O) groups is 1. The molecule has 43 heavy (non-hydrogen) atoms. The van der Waals surface area contributed by atoms with E-state index in [1.54, 1.807) is 23.9 Å². The molecule has 1 unspecified atom stereocenters. The van der Waals surface area contributed by atoms with Gasteiger partial charge in [0.05, 0.1) is 35.0 Å². The van der Waals surface area contributed by atoms with Gasteiger partial charge in [-0.1, -0.05) is 26.3 Å². The molecule has 0 radical (unpaired) electrons. The van der Waals surface area contributed by atoms with Crippen LogP contribution in [0.2, 0.25) is 0 Å². The highest BCUT2D eigenvalue weighted by atomic mass is 32.2. The fraction of sp³-hybridized carbons (Fsp3) is 0.414. The summed E-state index contributed by atoms with van der Waals surface area (Å²) in [4.78, 5) is 38.5. The van der Waals surface area contributed by atoms with Crippen LogP contribution in [0.1, 0.15) is 45.0 Å². The first-order chi connectivity index (χ1) is 20.6. The van der Waals surface area contributed by atoms with E-state index >= 15 is 0 Å². The van der Waals surface area contributed by atoms with Crippen LogP contribution in [-0.2, 0) is 23.0 Å². The Morgan fingerprint density at radius 3 is 2.63 bits per heavy atom. The number of piperazine rings is 1. The molecule has 4 heterocycles. The maximum Gasteiger partial charge on any atom is 0.314 e. The van der Waals surface area contributed by atoms with Gasteiger partial charge in [0.25, 0.3) is 5.56 Å². The smallest absolute Gasteiger partial charge is 0.314 e.